The van der Waals surface area contributed by atoms with Crippen LogP contribution in [0.15, 0.2) is 28.7 Å². The van der Waals surface area contributed by atoms with Crippen LogP contribution >= 0.6 is 15.9 Å². The average Bonchev–Trinajstić information content (AvgIpc) is 2.31. The number of amides is 1. The number of nitrogens with one attached hydrogen (secondary N) is 1. The van der Waals surface area contributed by atoms with Crippen LogP contribution in [0.5, 0.6) is 0 Å². The van der Waals surface area contributed by atoms with Gasteiger partial charge in [-0.1, -0.05) is 15.9 Å². The Hall–Kier alpha value is -0.870. The molecule has 3 nitrogen and oxygen atoms in total. The minimum Gasteiger partial charge on any atom is -0.376 e. The fourth-order valence-electron chi connectivity index (χ4n) is 2.23. The molecule has 98 valence electrons. The van der Waals surface area contributed by atoms with E-state index in [0.717, 1.165) is 23.0 Å². The molecule has 1 aliphatic rings. The molecule has 4 heteroatoms. The van der Waals surface area contributed by atoms with Gasteiger partial charge in [-0.05, 0) is 51.0 Å². The fourth-order valence-corrected chi connectivity index (χ4v) is 2.50. The minimum atomic E-state index is -0.194. The predicted octanol–water partition coefficient (Wildman–Crippen LogP) is 3.59. The molecule has 0 unspecified atom stereocenters. The molecule has 0 saturated carbocycles. The maximum Gasteiger partial charge on any atom is 0.227 e. The molecule has 18 heavy (non-hydrogen) atoms. The van der Waals surface area contributed by atoms with Gasteiger partial charge in [0.2, 0.25) is 5.91 Å². The number of benzene rings is 1. The van der Waals surface area contributed by atoms with Crippen LogP contribution < -0.4 is 5.32 Å². The standard InChI is InChI=1S/C14H18BrNO2/c1-14(2)9-10(7-8-18-14)13(17)16-12-5-3-11(15)4-6-12/h3-6,10H,7-9H2,1-2H3,(H,16,17)/t10-/m0/s1. The SMILES string of the molecule is CC1(C)C[C@@H](C(=O)Nc2ccc(Br)cc2)CCO1. The summed E-state index contributed by atoms with van der Waals surface area (Å²) >= 11 is 3.37. The lowest BCUT2D eigenvalue weighted by atomic mass is 9.88. The Kier molecular flexibility index (Phi) is 4.07. The van der Waals surface area contributed by atoms with Gasteiger partial charge in [-0.2, -0.15) is 0 Å². The number of carbonyl (C=O) groups excluding carboxylic acids is 1. The first-order valence-electron chi connectivity index (χ1n) is 6.17. The summed E-state index contributed by atoms with van der Waals surface area (Å²) in [6, 6.07) is 7.63. The van der Waals surface area contributed by atoms with Crippen LogP contribution in [0.3, 0.4) is 0 Å². The lowest BCUT2D eigenvalue weighted by Gasteiger charge is -2.34. The molecule has 2 rings (SSSR count). The summed E-state index contributed by atoms with van der Waals surface area (Å²) in [5.74, 6) is 0.131. The summed E-state index contributed by atoms with van der Waals surface area (Å²) in [5, 5.41) is 2.96. The highest BCUT2D eigenvalue weighted by Gasteiger charge is 2.32. The molecule has 1 fully saturated rings. The van der Waals surface area contributed by atoms with Crippen LogP contribution in [0.25, 0.3) is 0 Å². The third-order valence-electron chi connectivity index (χ3n) is 3.18. The average molecular weight is 312 g/mol. The van der Waals surface area contributed by atoms with E-state index in [0.29, 0.717) is 6.61 Å². The summed E-state index contributed by atoms with van der Waals surface area (Å²) < 4.78 is 6.63. The molecule has 1 heterocycles. The van der Waals surface area contributed by atoms with Crippen molar-refractivity contribution in [3.8, 4) is 0 Å². The van der Waals surface area contributed by atoms with Crippen molar-refractivity contribution in [2.45, 2.75) is 32.3 Å². The topological polar surface area (TPSA) is 38.3 Å². The predicted molar refractivity (Wildman–Crippen MR) is 75.5 cm³/mol. The van der Waals surface area contributed by atoms with Crippen LogP contribution in [-0.2, 0) is 9.53 Å². The van der Waals surface area contributed by atoms with Crippen molar-refractivity contribution in [3.63, 3.8) is 0 Å². The second kappa shape index (κ2) is 5.41. The number of halogens is 1. The maximum atomic E-state index is 12.2. The van der Waals surface area contributed by atoms with Crippen LogP contribution in [0, 0.1) is 5.92 Å². The van der Waals surface area contributed by atoms with E-state index in [1.54, 1.807) is 0 Å². The third-order valence-corrected chi connectivity index (χ3v) is 3.71. The molecule has 1 aromatic rings. The molecule has 0 radical (unpaired) electrons. The first-order valence-corrected chi connectivity index (χ1v) is 6.96. The number of rotatable bonds is 2. The van der Waals surface area contributed by atoms with Gasteiger partial charge in [-0.25, -0.2) is 0 Å². The Bertz CT molecular complexity index is 428. The normalized spacial score (nSPS) is 22.5. The van der Waals surface area contributed by atoms with Crippen molar-refractivity contribution in [1.29, 1.82) is 0 Å². The highest BCUT2D eigenvalue weighted by Crippen LogP contribution is 2.29. The van der Waals surface area contributed by atoms with Crippen molar-refractivity contribution >= 4 is 27.5 Å². The fraction of sp³-hybridized carbons (Fsp3) is 0.500. The third kappa shape index (κ3) is 3.56. The first kappa shape index (κ1) is 13.6. The van der Waals surface area contributed by atoms with E-state index in [2.05, 4.69) is 21.2 Å². The largest absolute Gasteiger partial charge is 0.376 e. The summed E-state index contributed by atoms with van der Waals surface area (Å²) in [6.07, 6.45) is 1.57. The van der Waals surface area contributed by atoms with E-state index in [1.165, 1.54) is 0 Å². The van der Waals surface area contributed by atoms with Gasteiger partial charge in [0.1, 0.15) is 0 Å². The van der Waals surface area contributed by atoms with Crippen LogP contribution in [0.1, 0.15) is 26.7 Å². The van der Waals surface area contributed by atoms with Crippen molar-refractivity contribution in [1.82, 2.24) is 0 Å². The number of ether oxygens (including phenoxy) is 1. The Balaban J connectivity index is 1.97. The number of hydrogen-bond acceptors (Lipinski definition) is 2. The summed E-state index contributed by atoms with van der Waals surface area (Å²) in [7, 11) is 0. The molecule has 0 aromatic heterocycles. The van der Waals surface area contributed by atoms with Gasteiger partial charge in [-0.15, -0.1) is 0 Å². The summed E-state index contributed by atoms with van der Waals surface area (Å²) in [6.45, 7) is 4.73. The molecule has 1 aliphatic heterocycles. The summed E-state index contributed by atoms with van der Waals surface area (Å²) in [5.41, 5.74) is 0.646. The molecule has 1 atom stereocenters. The molecule has 1 amide bonds. The summed E-state index contributed by atoms with van der Waals surface area (Å²) in [4.78, 5) is 12.2. The van der Waals surface area contributed by atoms with E-state index >= 15 is 0 Å². The maximum absolute atomic E-state index is 12.2. The molecule has 0 spiro atoms. The van der Waals surface area contributed by atoms with Crippen molar-refractivity contribution in [2.24, 2.45) is 5.92 Å². The van der Waals surface area contributed by atoms with Crippen LogP contribution in [0.4, 0.5) is 5.69 Å². The van der Waals surface area contributed by atoms with Gasteiger partial charge in [-0.3, -0.25) is 4.79 Å². The second-order valence-electron chi connectivity index (χ2n) is 5.29. The van der Waals surface area contributed by atoms with Crippen LogP contribution in [-0.4, -0.2) is 18.1 Å². The highest BCUT2D eigenvalue weighted by molar-refractivity contribution is 9.10. The van der Waals surface area contributed by atoms with Crippen molar-refractivity contribution < 1.29 is 9.53 Å². The molecule has 1 aromatic carbocycles. The minimum absolute atomic E-state index is 0.0393. The van der Waals surface area contributed by atoms with Gasteiger partial charge < -0.3 is 10.1 Å². The number of hydrogen-bond donors (Lipinski definition) is 1. The Morgan fingerprint density at radius 3 is 2.67 bits per heavy atom. The monoisotopic (exact) mass is 311 g/mol. The number of anilines is 1. The van der Waals surface area contributed by atoms with E-state index < -0.39 is 0 Å². The molecule has 0 bridgehead atoms. The van der Waals surface area contributed by atoms with Crippen LogP contribution in [0.2, 0.25) is 0 Å². The van der Waals surface area contributed by atoms with Gasteiger partial charge in [0.25, 0.3) is 0 Å². The molecule has 0 aliphatic carbocycles. The van der Waals surface area contributed by atoms with Gasteiger partial charge in [0.15, 0.2) is 0 Å². The molecule has 1 N–H and O–H groups in total. The Morgan fingerprint density at radius 1 is 1.39 bits per heavy atom. The Morgan fingerprint density at radius 2 is 2.06 bits per heavy atom. The van der Waals surface area contributed by atoms with E-state index in [9.17, 15) is 4.79 Å². The van der Waals surface area contributed by atoms with Crippen molar-refractivity contribution in [3.05, 3.63) is 28.7 Å². The zero-order valence-electron chi connectivity index (χ0n) is 10.7. The smallest absolute Gasteiger partial charge is 0.227 e. The molecular weight excluding hydrogens is 294 g/mol. The zero-order chi connectivity index (χ0) is 13.2. The van der Waals surface area contributed by atoms with E-state index in [-0.39, 0.29) is 17.4 Å². The molecule has 1 saturated heterocycles. The quantitative estimate of drug-likeness (QED) is 0.906. The Labute approximate surface area is 116 Å². The number of carbonyl (C=O) groups is 1. The first-order chi connectivity index (χ1) is 8.46. The van der Waals surface area contributed by atoms with Gasteiger partial charge in [0.05, 0.1) is 5.60 Å². The lowest BCUT2D eigenvalue weighted by Crippen LogP contribution is -2.39. The van der Waals surface area contributed by atoms with Gasteiger partial charge in [0, 0.05) is 22.7 Å². The highest BCUT2D eigenvalue weighted by atomic mass is 79.9. The van der Waals surface area contributed by atoms with E-state index in [4.69, 9.17) is 4.74 Å². The van der Waals surface area contributed by atoms with Gasteiger partial charge >= 0.3 is 0 Å². The zero-order valence-corrected chi connectivity index (χ0v) is 12.3. The van der Waals surface area contributed by atoms with E-state index in [1.807, 2.05) is 38.1 Å². The lowest BCUT2D eigenvalue weighted by molar-refractivity contribution is -0.130. The molecular formula is C14H18BrNO2. The second-order valence-corrected chi connectivity index (χ2v) is 6.21. The van der Waals surface area contributed by atoms with Crippen molar-refractivity contribution in [2.75, 3.05) is 11.9 Å².